The number of rotatable bonds is 2. The van der Waals surface area contributed by atoms with Crippen molar-refractivity contribution in [2.24, 2.45) is 0 Å². The molecular formula is C16H17O. The highest BCUT2D eigenvalue weighted by Crippen LogP contribution is 2.30. The molecule has 0 N–H and O–H groups in total. The van der Waals surface area contributed by atoms with Crippen molar-refractivity contribution < 1.29 is 5.11 Å². The van der Waals surface area contributed by atoms with Gasteiger partial charge in [0.1, 0.15) is 0 Å². The molecule has 1 heteroatoms. The third-order valence-corrected chi connectivity index (χ3v) is 3.20. The van der Waals surface area contributed by atoms with Gasteiger partial charge in [-0.1, -0.05) is 59.7 Å². The second-order valence-electron chi connectivity index (χ2n) is 4.77. The molecule has 1 radical (unpaired) electrons. The number of hydrogen-bond donors (Lipinski definition) is 0. The van der Waals surface area contributed by atoms with Crippen LogP contribution in [-0.2, 0) is 10.7 Å². The van der Waals surface area contributed by atoms with Crippen LogP contribution in [0.4, 0.5) is 0 Å². The molecule has 0 spiro atoms. The van der Waals surface area contributed by atoms with Gasteiger partial charge in [0.05, 0.1) is 0 Å². The fourth-order valence-corrected chi connectivity index (χ4v) is 1.91. The van der Waals surface area contributed by atoms with Gasteiger partial charge in [-0.3, -0.25) is 0 Å². The van der Waals surface area contributed by atoms with Gasteiger partial charge in [0.2, 0.25) is 0 Å². The van der Waals surface area contributed by atoms with E-state index in [4.69, 9.17) is 0 Å². The summed E-state index contributed by atoms with van der Waals surface area (Å²) in [6, 6.07) is 15.6. The van der Waals surface area contributed by atoms with Crippen molar-refractivity contribution >= 4 is 0 Å². The highest BCUT2D eigenvalue weighted by atomic mass is 16.3. The predicted molar refractivity (Wildman–Crippen MR) is 69.5 cm³/mol. The molecule has 17 heavy (non-hydrogen) atoms. The maximum atomic E-state index is 12.7. The van der Waals surface area contributed by atoms with Crippen molar-refractivity contribution in [2.75, 3.05) is 0 Å². The Balaban J connectivity index is 2.41. The normalized spacial score (nSPS) is 11.5. The summed E-state index contributed by atoms with van der Waals surface area (Å²) in [4.78, 5) is 0. The molecule has 0 bridgehead atoms. The Hall–Kier alpha value is -1.60. The third kappa shape index (κ3) is 2.40. The molecule has 0 heterocycles. The molecule has 0 atom stereocenters. The molecule has 0 aliphatic rings. The maximum absolute atomic E-state index is 12.7. The van der Waals surface area contributed by atoms with Crippen LogP contribution in [0, 0.1) is 13.8 Å². The Labute approximate surface area is 103 Å². The molecule has 0 fully saturated rings. The Morgan fingerprint density at radius 1 is 0.706 bits per heavy atom. The fourth-order valence-electron chi connectivity index (χ4n) is 1.91. The first-order valence-corrected chi connectivity index (χ1v) is 5.85. The molecule has 0 aliphatic heterocycles. The van der Waals surface area contributed by atoms with Gasteiger partial charge < -0.3 is 0 Å². The summed E-state index contributed by atoms with van der Waals surface area (Å²) in [7, 11) is 0. The van der Waals surface area contributed by atoms with E-state index >= 15 is 0 Å². The van der Waals surface area contributed by atoms with Gasteiger partial charge in [-0.15, -0.1) is 0 Å². The lowest BCUT2D eigenvalue weighted by Gasteiger charge is -2.22. The summed E-state index contributed by atoms with van der Waals surface area (Å²) >= 11 is 0. The van der Waals surface area contributed by atoms with Crippen molar-refractivity contribution in [1.82, 2.24) is 0 Å². The summed E-state index contributed by atoms with van der Waals surface area (Å²) in [5.41, 5.74) is 2.79. The Kier molecular flexibility index (Phi) is 3.03. The van der Waals surface area contributed by atoms with Crippen molar-refractivity contribution in [1.29, 1.82) is 0 Å². The Morgan fingerprint density at radius 3 is 1.29 bits per heavy atom. The smallest absolute Gasteiger partial charge is 0.151 e. The minimum atomic E-state index is -1.18. The molecule has 0 aliphatic carbocycles. The molecule has 0 saturated heterocycles. The lowest BCUT2D eigenvalue weighted by molar-refractivity contribution is 0.0207. The number of hydrogen-bond acceptors (Lipinski definition) is 0. The van der Waals surface area contributed by atoms with Crippen LogP contribution in [0.3, 0.4) is 0 Å². The van der Waals surface area contributed by atoms with Gasteiger partial charge >= 0.3 is 0 Å². The van der Waals surface area contributed by atoms with E-state index in [9.17, 15) is 5.11 Å². The second kappa shape index (κ2) is 4.34. The molecular weight excluding hydrogens is 208 g/mol. The van der Waals surface area contributed by atoms with Crippen molar-refractivity contribution in [2.45, 2.75) is 26.4 Å². The molecule has 87 valence electrons. The van der Waals surface area contributed by atoms with Crippen LogP contribution >= 0.6 is 0 Å². The van der Waals surface area contributed by atoms with Crippen LogP contribution in [0.5, 0.6) is 0 Å². The minimum absolute atomic E-state index is 0.812. The molecule has 2 rings (SSSR count). The summed E-state index contributed by atoms with van der Waals surface area (Å²) in [5, 5.41) is 12.7. The molecule has 2 aromatic carbocycles. The van der Waals surface area contributed by atoms with Gasteiger partial charge in [0.15, 0.2) is 5.60 Å². The first-order chi connectivity index (χ1) is 8.00. The van der Waals surface area contributed by atoms with Crippen LogP contribution in [0.2, 0.25) is 0 Å². The highest BCUT2D eigenvalue weighted by Gasteiger charge is 2.27. The van der Waals surface area contributed by atoms with Crippen LogP contribution in [-0.4, -0.2) is 0 Å². The zero-order valence-electron chi connectivity index (χ0n) is 10.5. The third-order valence-electron chi connectivity index (χ3n) is 3.20. The highest BCUT2D eigenvalue weighted by molar-refractivity contribution is 5.37. The lowest BCUT2D eigenvalue weighted by atomic mass is 9.87. The zero-order valence-corrected chi connectivity index (χ0v) is 10.5. The van der Waals surface area contributed by atoms with E-state index in [2.05, 4.69) is 0 Å². The summed E-state index contributed by atoms with van der Waals surface area (Å²) in [6.45, 7) is 5.78. The molecule has 0 unspecified atom stereocenters. The van der Waals surface area contributed by atoms with Crippen molar-refractivity contribution in [3.05, 3.63) is 70.8 Å². The summed E-state index contributed by atoms with van der Waals surface area (Å²) in [5.74, 6) is 0. The van der Waals surface area contributed by atoms with Gasteiger partial charge in [0, 0.05) is 0 Å². The van der Waals surface area contributed by atoms with E-state index in [0.717, 1.165) is 11.1 Å². The minimum Gasteiger partial charge on any atom is -0.219 e. The van der Waals surface area contributed by atoms with E-state index in [1.807, 2.05) is 62.4 Å². The number of benzene rings is 2. The van der Waals surface area contributed by atoms with E-state index in [0.29, 0.717) is 0 Å². The molecule has 0 aromatic heterocycles. The van der Waals surface area contributed by atoms with Crippen molar-refractivity contribution in [3.8, 4) is 0 Å². The predicted octanol–water partition coefficient (Wildman–Crippen LogP) is 4.00. The topological polar surface area (TPSA) is 19.9 Å². The largest absolute Gasteiger partial charge is 0.219 e. The van der Waals surface area contributed by atoms with Gasteiger partial charge in [-0.2, -0.15) is 0 Å². The standard InChI is InChI=1S/C16H17O/c1-12-4-8-14(9-5-12)16(3,17)15-10-6-13(2)7-11-15/h4-11H,1-3H3. The van der Waals surface area contributed by atoms with Crippen LogP contribution in [0.1, 0.15) is 29.2 Å². The van der Waals surface area contributed by atoms with Gasteiger partial charge in [0.25, 0.3) is 0 Å². The van der Waals surface area contributed by atoms with E-state index in [1.165, 1.54) is 11.1 Å². The first-order valence-electron chi connectivity index (χ1n) is 5.85. The molecule has 0 saturated carbocycles. The van der Waals surface area contributed by atoms with Crippen LogP contribution < -0.4 is 0 Å². The monoisotopic (exact) mass is 225 g/mol. The Morgan fingerprint density at radius 2 is 1.00 bits per heavy atom. The lowest BCUT2D eigenvalue weighted by Crippen LogP contribution is -2.20. The summed E-state index contributed by atoms with van der Waals surface area (Å²) in [6.07, 6.45) is 0. The maximum Gasteiger partial charge on any atom is 0.151 e. The average molecular weight is 225 g/mol. The molecule has 1 nitrogen and oxygen atoms in total. The SMILES string of the molecule is Cc1ccc(C(C)([O])c2ccc(C)cc2)cc1. The molecule has 2 aromatic rings. The molecule has 0 amide bonds. The Bertz CT molecular complexity index is 445. The van der Waals surface area contributed by atoms with Gasteiger partial charge in [-0.25, -0.2) is 5.11 Å². The fraction of sp³-hybridized carbons (Fsp3) is 0.250. The van der Waals surface area contributed by atoms with Crippen LogP contribution in [0.15, 0.2) is 48.5 Å². The quantitative estimate of drug-likeness (QED) is 0.736. The summed E-state index contributed by atoms with van der Waals surface area (Å²) < 4.78 is 0. The first kappa shape index (κ1) is 11.9. The van der Waals surface area contributed by atoms with E-state index in [-0.39, 0.29) is 0 Å². The van der Waals surface area contributed by atoms with E-state index < -0.39 is 5.60 Å². The number of aryl methyl sites for hydroxylation is 2. The van der Waals surface area contributed by atoms with Gasteiger partial charge in [-0.05, 0) is 31.9 Å². The second-order valence-corrected chi connectivity index (χ2v) is 4.77. The van der Waals surface area contributed by atoms with E-state index in [1.54, 1.807) is 6.92 Å². The van der Waals surface area contributed by atoms with Crippen molar-refractivity contribution in [3.63, 3.8) is 0 Å². The zero-order chi connectivity index (χ0) is 12.5. The van der Waals surface area contributed by atoms with Crippen LogP contribution in [0.25, 0.3) is 0 Å². The average Bonchev–Trinajstić information content (AvgIpc) is 2.30.